The van der Waals surface area contributed by atoms with E-state index in [9.17, 15) is 10.4 Å². The van der Waals surface area contributed by atoms with Gasteiger partial charge in [0, 0.05) is 13.0 Å². The predicted molar refractivity (Wildman–Crippen MR) is 74.7 cm³/mol. The summed E-state index contributed by atoms with van der Waals surface area (Å²) in [6.07, 6.45) is 8.40. The first-order valence-electron chi connectivity index (χ1n) is 8.30. The van der Waals surface area contributed by atoms with E-state index in [1.165, 1.54) is 19.3 Å². The largest absolute Gasteiger partial charge is 0.389 e. The lowest BCUT2D eigenvalue weighted by Gasteiger charge is -2.50. The van der Waals surface area contributed by atoms with E-state index in [1.807, 2.05) is 7.11 Å². The Labute approximate surface area is 121 Å². The molecule has 4 fully saturated rings. The van der Waals surface area contributed by atoms with Crippen molar-refractivity contribution in [2.75, 3.05) is 7.11 Å². The minimum Gasteiger partial charge on any atom is -0.389 e. The molecule has 7 atom stereocenters. The van der Waals surface area contributed by atoms with Crippen LogP contribution in [0.1, 0.15) is 51.4 Å². The quantitative estimate of drug-likeness (QED) is 0.800. The Morgan fingerprint density at radius 2 is 2.05 bits per heavy atom. The molecule has 0 saturated heterocycles. The number of nitriles is 1. The van der Waals surface area contributed by atoms with Crippen LogP contribution in [0.2, 0.25) is 0 Å². The number of fused-ring (bicyclic) bond motifs is 6. The Morgan fingerprint density at radius 3 is 2.80 bits per heavy atom. The molecule has 20 heavy (non-hydrogen) atoms. The maximum Gasteiger partial charge on any atom is 0.0768 e. The Balaban J connectivity index is 1.80. The lowest BCUT2D eigenvalue weighted by atomic mass is 9.63. The van der Waals surface area contributed by atoms with Crippen molar-refractivity contribution in [2.24, 2.45) is 29.6 Å². The third kappa shape index (κ3) is 1.58. The Hall–Kier alpha value is -0.590. The number of hydrogen-bond acceptors (Lipinski definition) is 3. The molecule has 0 radical (unpaired) electrons. The van der Waals surface area contributed by atoms with Crippen molar-refractivity contribution in [1.82, 2.24) is 0 Å². The molecule has 3 heteroatoms. The fourth-order valence-corrected chi connectivity index (χ4v) is 6.09. The van der Waals surface area contributed by atoms with Crippen molar-refractivity contribution in [3.63, 3.8) is 0 Å². The second-order valence-corrected chi connectivity index (χ2v) is 7.80. The molecule has 0 unspecified atom stereocenters. The number of aliphatic hydroxyl groups is 1. The fourth-order valence-electron chi connectivity index (χ4n) is 6.09. The maximum atomic E-state index is 11.3. The minimum atomic E-state index is -0.652. The standard InChI is InChI=1S/C17H25NO2/c1-20-17-9-12(6-11-7-14(11)17)13(10-18)8-16(19)5-3-2-4-15(16)17/h11-15,19H,2-9H2,1H3/t11-,12-,13-,14+,15-,16+,17-/m0/s1. The second-order valence-electron chi connectivity index (χ2n) is 7.80. The van der Waals surface area contributed by atoms with Crippen molar-refractivity contribution in [3.8, 4) is 6.07 Å². The van der Waals surface area contributed by atoms with Crippen LogP contribution < -0.4 is 0 Å². The summed E-state index contributed by atoms with van der Waals surface area (Å²) >= 11 is 0. The molecular weight excluding hydrogens is 250 g/mol. The molecule has 0 aromatic carbocycles. The number of ether oxygens (including phenoxy) is 1. The van der Waals surface area contributed by atoms with E-state index < -0.39 is 5.60 Å². The van der Waals surface area contributed by atoms with E-state index in [4.69, 9.17) is 4.74 Å². The van der Waals surface area contributed by atoms with Crippen molar-refractivity contribution in [2.45, 2.75) is 62.6 Å². The Kier molecular flexibility index (Phi) is 2.76. The summed E-state index contributed by atoms with van der Waals surface area (Å²) in [5.74, 6) is 2.13. The summed E-state index contributed by atoms with van der Waals surface area (Å²) in [6.45, 7) is 0. The van der Waals surface area contributed by atoms with Gasteiger partial charge in [-0.2, -0.15) is 5.26 Å². The van der Waals surface area contributed by atoms with Gasteiger partial charge < -0.3 is 9.84 Å². The Bertz CT molecular complexity index is 458. The summed E-state index contributed by atoms with van der Waals surface area (Å²) in [7, 11) is 1.85. The molecular formula is C17H25NO2. The fraction of sp³-hybridized carbons (Fsp3) is 0.941. The van der Waals surface area contributed by atoms with Crippen LogP contribution in [0.5, 0.6) is 0 Å². The molecule has 4 rings (SSSR count). The molecule has 0 aromatic heterocycles. The topological polar surface area (TPSA) is 53.2 Å². The number of nitrogens with zero attached hydrogens (tertiary/aromatic N) is 1. The van der Waals surface area contributed by atoms with E-state index in [0.29, 0.717) is 18.3 Å². The van der Waals surface area contributed by atoms with Gasteiger partial charge in [-0.15, -0.1) is 0 Å². The highest BCUT2D eigenvalue weighted by molar-refractivity contribution is 5.19. The van der Waals surface area contributed by atoms with Gasteiger partial charge in [0.25, 0.3) is 0 Å². The monoisotopic (exact) mass is 275 g/mol. The molecule has 4 aliphatic carbocycles. The van der Waals surface area contributed by atoms with Crippen LogP contribution in [0.25, 0.3) is 0 Å². The number of methoxy groups -OCH3 is 1. The van der Waals surface area contributed by atoms with Gasteiger partial charge in [0.15, 0.2) is 0 Å². The molecule has 0 heterocycles. The van der Waals surface area contributed by atoms with Gasteiger partial charge in [-0.3, -0.25) is 0 Å². The third-order valence-corrected chi connectivity index (χ3v) is 7.02. The zero-order valence-corrected chi connectivity index (χ0v) is 12.3. The van der Waals surface area contributed by atoms with E-state index in [-0.39, 0.29) is 17.4 Å². The van der Waals surface area contributed by atoms with Gasteiger partial charge in [0.2, 0.25) is 0 Å². The van der Waals surface area contributed by atoms with Crippen LogP contribution in [0.3, 0.4) is 0 Å². The number of rotatable bonds is 1. The summed E-state index contributed by atoms with van der Waals surface area (Å²) in [6, 6.07) is 2.52. The van der Waals surface area contributed by atoms with E-state index >= 15 is 0 Å². The smallest absolute Gasteiger partial charge is 0.0768 e. The number of hydrogen-bond donors (Lipinski definition) is 1. The average Bonchev–Trinajstić information content (AvgIpc) is 3.24. The van der Waals surface area contributed by atoms with Gasteiger partial charge in [-0.25, -0.2) is 0 Å². The lowest BCUT2D eigenvalue weighted by molar-refractivity contribution is -0.175. The molecule has 0 aliphatic heterocycles. The molecule has 2 bridgehead atoms. The van der Waals surface area contributed by atoms with E-state index in [0.717, 1.165) is 31.6 Å². The normalized spacial score (nSPS) is 57.0. The average molecular weight is 275 g/mol. The first-order chi connectivity index (χ1) is 9.63. The SMILES string of the molecule is CO[C@@]12C[C@H](C[C@H]3C[C@H]31)[C@H](C#N)C[C@]1(O)CCCC[C@@H]12. The molecule has 0 spiro atoms. The summed E-state index contributed by atoms with van der Waals surface area (Å²) < 4.78 is 6.14. The third-order valence-electron chi connectivity index (χ3n) is 7.02. The van der Waals surface area contributed by atoms with Crippen LogP contribution in [-0.2, 0) is 4.74 Å². The van der Waals surface area contributed by atoms with Gasteiger partial charge in [0.05, 0.1) is 23.2 Å². The van der Waals surface area contributed by atoms with Gasteiger partial charge in [-0.1, -0.05) is 12.8 Å². The van der Waals surface area contributed by atoms with Gasteiger partial charge >= 0.3 is 0 Å². The van der Waals surface area contributed by atoms with Crippen molar-refractivity contribution < 1.29 is 9.84 Å². The molecule has 4 saturated carbocycles. The lowest BCUT2D eigenvalue weighted by Crippen LogP contribution is -2.55. The zero-order chi connectivity index (χ0) is 14.0. The molecule has 0 aromatic rings. The molecule has 1 N–H and O–H groups in total. The molecule has 110 valence electrons. The predicted octanol–water partition coefficient (Wildman–Crippen LogP) is 2.88. The van der Waals surface area contributed by atoms with E-state index in [2.05, 4.69) is 6.07 Å². The van der Waals surface area contributed by atoms with Gasteiger partial charge in [0.1, 0.15) is 0 Å². The molecule has 3 nitrogen and oxygen atoms in total. The van der Waals surface area contributed by atoms with Crippen LogP contribution >= 0.6 is 0 Å². The van der Waals surface area contributed by atoms with Crippen LogP contribution in [0.4, 0.5) is 0 Å². The summed E-state index contributed by atoms with van der Waals surface area (Å²) in [5, 5.41) is 20.9. The maximum absolute atomic E-state index is 11.3. The second kappa shape index (κ2) is 4.21. The zero-order valence-electron chi connectivity index (χ0n) is 12.3. The molecule has 0 amide bonds. The van der Waals surface area contributed by atoms with Crippen LogP contribution in [0.15, 0.2) is 0 Å². The highest BCUT2D eigenvalue weighted by Gasteiger charge is 2.67. The highest BCUT2D eigenvalue weighted by Crippen LogP contribution is 2.66. The van der Waals surface area contributed by atoms with E-state index in [1.54, 1.807) is 0 Å². The summed E-state index contributed by atoms with van der Waals surface area (Å²) in [5.41, 5.74) is -0.782. The molecule has 4 aliphatic rings. The first kappa shape index (κ1) is 13.1. The van der Waals surface area contributed by atoms with Crippen LogP contribution in [-0.4, -0.2) is 23.4 Å². The minimum absolute atomic E-state index is 0.0270. The van der Waals surface area contributed by atoms with Crippen molar-refractivity contribution in [3.05, 3.63) is 0 Å². The van der Waals surface area contributed by atoms with Crippen molar-refractivity contribution >= 4 is 0 Å². The Morgan fingerprint density at radius 1 is 1.20 bits per heavy atom. The van der Waals surface area contributed by atoms with Crippen molar-refractivity contribution in [1.29, 1.82) is 5.26 Å². The van der Waals surface area contributed by atoms with Gasteiger partial charge in [-0.05, 0) is 56.3 Å². The highest BCUT2D eigenvalue weighted by atomic mass is 16.5. The summed E-state index contributed by atoms with van der Waals surface area (Å²) in [4.78, 5) is 0. The first-order valence-corrected chi connectivity index (χ1v) is 8.30. The van der Waals surface area contributed by atoms with Crippen LogP contribution in [0, 0.1) is 40.9 Å².